The summed E-state index contributed by atoms with van der Waals surface area (Å²) in [7, 11) is 0. The third kappa shape index (κ3) is 0.881. The Bertz CT molecular complexity index is 437. The summed E-state index contributed by atoms with van der Waals surface area (Å²) in [5.41, 5.74) is 0.934. The molecule has 0 fully saturated rings. The standard InChI is InChI=1S/C7H5ClFN3/c1-4-2-5(9)6-7(8)10-3-11-12(4)6/h2-3H,1H3. The highest BCUT2D eigenvalue weighted by Crippen LogP contribution is 2.19. The van der Waals surface area contributed by atoms with Gasteiger partial charge in [-0.1, -0.05) is 11.6 Å². The van der Waals surface area contributed by atoms with Crippen molar-refractivity contribution >= 4 is 17.1 Å². The van der Waals surface area contributed by atoms with Gasteiger partial charge in [0.05, 0.1) is 0 Å². The molecule has 0 saturated carbocycles. The fourth-order valence-corrected chi connectivity index (χ4v) is 1.33. The highest BCUT2D eigenvalue weighted by Gasteiger charge is 2.10. The Balaban J connectivity index is 2.99. The number of hydrogen-bond donors (Lipinski definition) is 0. The first-order valence-electron chi connectivity index (χ1n) is 3.34. The van der Waals surface area contributed by atoms with Gasteiger partial charge in [-0.15, -0.1) is 0 Å². The second kappa shape index (κ2) is 2.42. The minimum Gasteiger partial charge on any atom is -0.230 e. The molecule has 0 atom stereocenters. The summed E-state index contributed by atoms with van der Waals surface area (Å²) < 4.78 is 14.5. The van der Waals surface area contributed by atoms with Crippen LogP contribution in [0.5, 0.6) is 0 Å². The van der Waals surface area contributed by atoms with E-state index in [1.807, 2.05) is 0 Å². The van der Waals surface area contributed by atoms with Gasteiger partial charge in [-0.05, 0) is 13.0 Å². The first-order chi connectivity index (χ1) is 5.70. The van der Waals surface area contributed by atoms with Crippen molar-refractivity contribution in [1.82, 2.24) is 14.6 Å². The normalized spacial score (nSPS) is 10.9. The first-order valence-corrected chi connectivity index (χ1v) is 3.72. The van der Waals surface area contributed by atoms with Crippen LogP contribution in [0.1, 0.15) is 5.69 Å². The van der Waals surface area contributed by atoms with Gasteiger partial charge in [-0.3, -0.25) is 0 Å². The lowest BCUT2D eigenvalue weighted by Crippen LogP contribution is -1.94. The molecule has 0 N–H and O–H groups in total. The van der Waals surface area contributed by atoms with Crippen molar-refractivity contribution in [3.63, 3.8) is 0 Å². The van der Waals surface area contributed by atoms with E-state index in [1.54, 1.807) is 6.92 Å². The maximum absolute atomic E-state index is 13.1. The molecule has 0 spiro atoms. The van der Waals surface area contributed by atoms with Crippen LogP contribution in [0.3, 0.4) is 0 Å². The smallest absolute Gasteiger partial charge is 0.159 e. The van der Waals surface area contributed by atoms with Gasteiger partial charge in [0.15, 0.2) is 11.0 Å². The van der Waals surface area contributed by atoms with Crippen molar-refractivity contribution in [2.75, 3.05) is 0 Å². The average Bonchev–Trinajstić information content (AvgIpc) is 2.29. The van der Waals surface area contributed by atoms with E-state index in [4.69, 9.17) is 11.6 Å². The molecule has 5 heteroatoms. The quantitative estimate of drug-likeness (QED) is 0.627. The lowest BCUT2D eigenvalue weighted by atomic mass is 10.5. The molecule has 0 saturated heterocycles. The van der Waals surface area contributed by atoms with Crippen LogP contribution >= 0.6 is 11.6 Å². The zero-order chi connectivity index (χ0) is 8.72. The van der Waals surface area contributed by atoms with Crippen molar-refractivity contribution < 1.29 is 4.39 Å². The Labute approximate surface area is 72.8 Å². The van der Waals surface area contributed by atoms with E-state index in [9.17, 15) is 4.39 Å². The van der Waals surface area contributed by atoms with Gasteiger partial charge in [-0.2, -0.15) is 5.10 Å². The molecule has 0 aromatic carbocycles. The van der Waals surface area contributed by atoms with E-state index in [0.29, 0.717) is 5.69 Å². The van der Waals surface area contributed by atoms with Crippen LogP contribution < -0.4 is 0 Å². The van der Waals surface area contributed by atoms with Gasteiger partial charge in [0, 0.05) is 5.69 Å². The Hall–Kier alpha value is -1.16. The fraction of sp³-hybridized carbons (Fsp3) is 0.143. The van der Waals surface area contributed by atoms with Crippen molar-refractivity contribution in [2.45, 2.75) is 6.92 Å². The van der Waals surface area contributed by atoms with E-state index >= 15 is 0 Å². The van der Waals surface area contributed by atoms with Crippen molar-refractivity contribution in [1.29, 1.82) is 0 Å². The molecule has 0 amide bonds. The molecule has 3 nitrogen and oxygen atoms in total. The molecule has 0 aliphatic heterocycles. The molecule has 2 aromatic heterocycles. The van der Waals surface area contributed by atoms with Gasteiger partial charge in [0.25, 0.3) is 0 Å². The van der Waals surface area contributed by atoms with E-state index in [2.05, 4.69) is 10.1 Å². The fourth-order valence-electron chi connectivity index (χ4n) is 1.11. The molecule has 0 bridgehead atoms. The third-order valence-corrected chi connectivity index (χ3v) is 1.92. The number of aromatic nitrogens is 3. The molecule has 0 unspecified atom stereocenters. The minimum atomic E-state index is -0.391. The zero-order valence-corrected chi connectivity index (χ0v) is 7.01. The summed E-state index contributed by atoms with van der Waals surface area (Å²) in [6.45, 7) is 1.75. The third-order valence-electron chi connectivity index (χ3n) is 1.64. The molecular weight excluding hydrogens is 181 g/mol. The molecule has 2 rings (SSSR count). The summed E-state index contributed by atoms with van der Waals surface area (Å²) in [5, 5.41) is 3.98. The summed E-state index contributed by atoms with van der Waals surface area (Å²) >= 11 is 5.66. The molecule has 12 heavy (non-hydrogen) atoms. The highest BCUT2D eigenvalue weighted by atomic mass is 35.5. The maximum Gasteiger partial charge on any atom is 0.159 e. The highest BCUT2D eigenvalue weighted by molar-refractivity contribution is 6.32. The number of aryl methyl sites for hydroxylation is 1. The zero-order valence-electron chi connectivity index (χ0n) is 6.25. The van der Waals surface area contributed by atoms with Gasteiger partial charge < -0.3 is 0 Å². The van der Waals surface area contributed by atoms with Crippen LogP contribution in [-0.4, -0.2) is 14.6 Å². The van der Waals surface area contributed by atoms with Crippen LogP contribution in [0.2, 0.25) is 5.15 Å². The van der Waals surface area contributed by atoms with Crippen LogP contribution in [0.15, 0.2) is 12.4 Å². The van der Waals surface area contributed by atoms with E-state index in [-0.39, 0.29) is 10.7 Å². The molecule has 0 aliphatic rings. The Morgan fingerprint density at radius 2 is 2.33 bits per heavy atom. The van der Waals surface area contributed by atoms with Crippen LogP contribution in [0.25, 0.3) is 5.52 Å². The van der Waals surface area contributed by atoms with Crippen LogP contribution in [0, 0.1) is 12.7 Å². The second-order valence-corrected chi connectivity index (χ2v) is 2.80. The van der Waals surface area contributed by atoms with Gasteiger partial charge in [0.2, 0.25) is 0 Å². The SMILES string of the molecule is Cc1cc(F)c2c(Cl)ncnn12. The van der Waals surface area contributed by atoms with E-state index in [0.717, 1.165) is 0 Å². The summed E-state index contributed by atoms with van der Waals surface area (Å²) in [6, 6.07) is 1.37. The Morgan fingerprint density at radius 3 is 3.00 bits per heavy atom. The molecule has 62 valence electrons. The van der Waals surface area contributed by atoms with Crippen molar-refractivity contribution in [2.24, 2.45) is 0 Å². The minimum absolute atomic E-state index is 0.135. The summed E-state index contributed by atoms with van der Waals surface area (Å²) in [4.78, 5) is 3.67. The number of fused-ring (bicyclic) bond motifs is 1. The molecule has 2 aromatic rings. The van der Waals surface area contributed by atoms with Gasteiger partial charge >= 0.3 is 0 Å². The van der Waals surface area contributed by atoms with Crippen LogP contribution in [0.4, 0.5) is 4.39 Å². The topological polar surface area (TPSA) is 30.2 Å². The largest absolute Gasteiger partial charge is 0.230 e. The number of rotatable bonds is 0. The number of hydrogen-bond acceptors (Lipinski definition) is 2. The monoisotopic (exact) mass is 185 g/mol. The maximum atomic E-state index is 13.1. The lowest BCUT2D eigenvalue weighted by Gasteiger charge is -1.95. The van der Waals surface area contributed by atoms with Crippen molar-refractivity contribution in [3.05, 3.63) is 29.1 Å². The molecule has 2 heterocycles. The molecule has 0 radical (unpaired) electrons. The summed E-state index contributed by atoms with van der Waals surface area (Å²) in [5.74, 6) is -0.391. The summed E-state index contributed by atoms with van der Waals surface area (Å²) in [6.07, 6.45) is 1.29. The predicted molar refractivity (Wildman–Crippen MR) is 42.7 cm³/mol. The van der Waals surface area contributed by atoms with Crippen LogP contribution in [-0.2, 0) is 0 Å². The number of nitrogens with zero attached hydrogens (tertiary/aromatic N) is 3. The Kier molecular flexibility index (Phi) is 1.51. The van der Waals surface area contributed by atoms with Gasteiger partial charge in [0.1, 0.15) is 11.8 Å². The molecule has 0 aliphatic carbocycles. The van der Waals surface area contributed by atoms with E-state index < -0.39 is 5.82 Å². The van der Waals surface area contributed by atoms with Gasteiger partial charge in [-0.25, -0.2) is 13.9 Å². The van der Waals surface area contributed by atoms with Crippen molar-refractivity contribution in [3.8, 4) is 0 Å². The number of halogens is 2. The lowest BCUT2D eigenvalue weighted by molar-refractivity contribution is 0.638. The average molecular weight is 186 g/mol. The predicted octanol–water partition coefficient (Wildman–Crippen LogP) is 1.83. The first kappa shape index (κ1) is 7.49. The van der Waals surface area contributed by atoms with E-state index in [1.165, 1.54) is 16.9 Å². The Morgan fingerprint density at radius 1 is 1.58 bits per heavy atom. The second-order valence-electron chi connectivity index (χ2n) is 2.44. The molecular formula is C7H5ClFN3.